The van der Waals surface area contributed by atoms with Gasteiger partial charge in [0.05, 0.1) is 11.2 Å². The molecule has 1 aliphatic heterocycles. The lowest BCUT2D eigenvalue weighted by Gasteiger charge is -2.21. The smallest absolute Gasteiger partial charge is 0.237 e. The highest BCUT2D eigenvalue weighted by Gasteiger charge is 2.43. The van der Waals surface area contributed by atoms with Gasteiger partial charge >= 0.3 is 0 Å². The molecule has 1 aromatic heterocycles. The fourth-order valence-corrected chi connectivity index (χ4v) is 3.70. The van der Waals surface area contributed by atoms with E-state index in [4.69, 9.17) is 0 Å². The minimum absolute atomic E-state index is 0.110. The van der Waals surface area contributed by atoms with Gasteiger partial charge in [-0.3, -0.25) is 14.7 Å². The monoisotopic (exact) mass is 406 g/mol. The Morgan fingerprint density at radius 3 is 2.58 bits per heavy atom. The molecule has 3 aromatic rings. The van der Waals surface area contributed by atoms with Crippen LogP contribution < -0.4 is 4.90 Å². The third kappa shape index (κ3) is 2.95. The zero-order valence-corrected chi connectivity index (χ0v) is 16.3. The number of allylic oxidation sites excluding steroid dienone is 1. The number of para-hydroxylation sites is 1. The Morgan fingerprint density at radius 2 is 1.81 bits per heavy atom. The molecule has 0 bridgehead atoms. The topological polar surface area (TPSA) is 33.2 Å². The van der Waals surface area contributed by atoms with Crippen molar-refractivity contribution in [2.24, 2.45) is 5.41 Å². The van der Waals surface area contributed by atoms with Crippen LogP contribution in [0.15, 0.2) is 71.0 Å². The molecule has 2 aromatic carbocycles. The summed E-state index contributed by atoms with van der Waals surface area (Å²) in [6, 6.07) is 18.0. The summed E-state index contributed by atoms with van der Waals surface area (Å²) in [5, 5.41) is 1.03. The number of hydrogen-bond acceptors (Lipinski definition) is 2. The number of amides is 1. The first-order valence-electron chi connectivity index (χ1n) is 8.60. The minimum Gasteiger partial charge on any atom is -0.282 e. The summed E-state index contributed by atoms with van der Waals surface area (Å²) in [5.74, 6) is 0.110. The summed E-state index contributed by atoms with van der Waals surface area (Å²) < 4.78 is 1.04. The molecule has 0 N–H and O–H groups in total. The van der Waals surface area contributed by atoms with Gasteiger partial charge in [-0.15, -0.1) is 0 Å². The van der Waals surface area contributed by atoms with E-state index < -0.39 is 5.41 Å². The largest absolute Gasteiger partial charge is 0.282 e. The Balaban J connectivity index is 1.88. The third-order valence-electron chi connectivity index (χ3n) is 4.75. The van der Waals surface area contributed by atoms with Crippen LogP contribution in [-0.4, -0.2) is 10.9 Å². The first-order valence-corrected chi connectivity index (χ1v) is 9.39. The van der Waals surface area contributed by atoms with Crippen molar-refractivity contribution in [2.75, 3.05) is 4.90 Å². The molecular formula is C22H19BrN2O. The fraction of sp³-hybridized carbons (Fsp3) is 0.182. The highest BCUT2D eigenvalue weighted by atomic mass is 79.9. The predicted octanol–water partition coefficient (Wildman–Crippen LogP) is 5.80. The maximum absolute atomic E-state index is 13.2. The summed E-state index contributed by atoms with van der Waals surface area (Å²) in [6.07, 6.45) is 4.57. The average Bonchev–Trinajstić information content (AvgIpc) is 2.85. The molecule has 0 saturated carbocycles. The molecule has 0 aliphatic carbocycles. The number of aromatic nitrogens is 1. The molecule has 1 amide bonds. The van der Waals surface area contributed by atoms with Crippen LogP contribution in [0.4, 0.5) is 5.69 Å². The molecule has 1 saturated heterocycles. The van der Waals surface area contributed by atoms with Crippen molar-refractivity contribution in [3.8, 4) is 0 Å². The number of carbonyl (C=O) groups is 1. The maximum atomic E-state index is 13.2. The van der Waals surface area contributed by atoms with Gasteiger partial charge in [0, 0.05) is 33.6 Å². The lowest BCUT2D eigenvalue weighted by Crippen LogP contribution is -2.30. The zero-order chi connectivity index (χ0) is 18.3. The summed E-state index contributed by atoms with van der Waals surface area (Å²) in [4.78, 5) is 19.6. The van der Waals surface area contributed by atoms with Crippen molar-refractivity contribution in [1.82, 2.24) is 4.98 Å². The third-order valence-corrected chi connectivity index (χ3v) is 5.28. The Hall–Kier alpha value is -2.46. The van der Waals surface area contributed by atoms with Crippen LogP contribution in [0.2, 0.25) is 0 Å². The van der Waals surface area contributed by atoms with Crippen LogP contribution in [0.5, 0.6) is 0 Å². The Kier molecular flexibility index (Phi) is 4.16. The first-order chi connectivity index (χ1) is 12.5. The number of anilines is 1. The van der Waals surface area contributed by atoms with E-state index in [2.05, 4.69) is 27.0 Å². The average molecular weight is 407 g/mol. The van der Waals surface area contributed by atoms with Gasteiger partial charge in [-0.2, -0.15) is 0 Å². The van der Waals surface area contributed by atoms with Gasteiger partial charge < -0.3 is 0 Å². The Labute approximate surface area is 161 Å². The van der Waals surface area contributed by atoms with Gasteiger partial charge in [0.25, 0.3) is 0 Å². The molecule has 2 heterocycles. The van der Waals surface area contributed by atoms with E-state index in [-0.39, 0.29) is 5.91 Å². The highest BCUT2D eigenvalue weighted by Crippen LogP contribution is 2.43. The molecule has 26 heavy (non-hydrogen) atoms. The van der Waals surface area contributed by atoms with Crippen LogP contribution in [-0.2, 0) is 4.79 Å². The molecule has 1 aliphatic rings. The molecule has 4 rings (SSSR count). The summed E-state index contributed by atoms with van der Waals surface area (Å²) in [6.45, 7) is 4.01. The number of halogens is 1. The molecule has 0 atom stereocenters. The van der Waals surface area contributed by atoms with E-state index in [0.717, 1.165) is 32.3 Å². The first kappa shape index (κ1) is 17.0. The molecule has 130 valence electrons. The van der Waals surface area contributed by atoms with Crippen LogP contribution >= 0.6 is 15.9 Å². The van der Waals surface area contributed by atoms with Gasteiger partial charge in [0.1, 0.15) is 0 Å². The van der Waals surface area contributed by atoms with E-state index in [1.807, 2.05) is 73.3 Å². The van der Waals surface area contributed by atoms with Gasteiger partial charge in [0.2, 0.25) is 5.91 Å². The minimum atomic E-state index is -0.432. The summed E-state index contributed by atoms with van der Waals surface area (Å²) in [7, 11) is 0. The van der Waals surface area contributed by atoms with Gasteiger partial charge in [-0.05, 0) is 35.9 Å². The lowest BCUT2D eigenvalue weighted by atomic mass is 9.91. The molecule has 1 fully saturated rings. The van der Waals surface area contributed by atoms with E-state index in [0.29, 0.717) is 6.42 Å². The van der Waals surface area contributed by atoms with E-state index >= 15 is 0 Å². The number of hydrogen-bond donors (Lipinski definition) is 0. The number of nitrogens with zero attached hydrogens (tertiary/aromatic N) is 2. The predicted molar refractivity (Wildman–Crippen MR) is 110 cm³/mol. The van der Waals surface area contributed by atoms with Gasteiger partial charge in [-0.25, -0.2) is 0 Å². The van der Waals surface area contributed by atoms with E-state index in [1.54, 1.807) is 6.20 Å². The number of benzene rings is 2. The highest BCUT2D eigenvalue weighted by molar-refractivity contribution is 9.10. The van der Waals surface area contributed by atoms with Gasteiger partial charge in [0.15, 0.2) is 0 Å². The Bertz CT molecular complexity index is 1020. The molecule has 3 nitrogen and oxygen atoms in total. The van der Waals surface area contributed by atoms with Crippen LogP contribution in [0.3, 0.4) is 0 Å². The molecule has 0 unspecified atom stereocenters. The number of fused-ring (bicyclic) bond motifs is 1. The van der Waals surface area contributed by atoms with Crippen molar-refractivity contribution < 1.29 is 4.79 Å². The normalized spacial score (nSPS) is 18.0. The zero-order valence-electron chi connectivity index (χ0n) is 14.7. The summed E-state index contributed by atoms with van der Waals surface area (Å²) >= 11 is 3.47. The second-order valence-electron chi connectivity index (χ2n) is 7.24. The van der Waals surface area contributed by atoms with Crippen molar-refractivity contribution >= 4 is 44.5 Å². The molecule has 0 radical (unpaired) electrons. The van der Waals surface area contributed by atoms with E-state index in [9.17, 15) is 4.79 Å². The SMILES string of the molecule is CC1(C)C/C(=C\c2ccc(Br)cc2)N(c2cccc3cccnc23)C1=O. The molecule has 4 heteroatoms. The van der Waals surface area contributed by atoms with Crippen molar-refractivity contribution in [1.29, 1.82) is 0 Å². The van der Waals surface area contributed by atoms with Crippen molar-refractivity contribution in [2.45, 2.75) is 20.3 Å². The number of rotatable bonds is 2. The van der Waals surface area contributed by atoms with Crippen LogP contribution in [0.25, 0.3) is 17.0 Å². The second kappa shape index (κ2) is 6.36. The molecular weight excluding hydrogens is 388 g/mol. The van der Waals surface area contributed by atoms with E-state index in [1.165, 1.54) is 0 Å². The second-order valence-corrected chi connectivity index (χ2v) is 8.16. The van der Waals surface area contributed by atoms with Crippen LogP contribution in [0.1, 0.15) is 25.8 Å². The number of pyridine rings is 1. The van der Waals surface area contributed by atoms with Crippen molar-refractivity contribution in [3.63, 3.8) is 0 Å². The van der Waals surface area contributed by atoms with Gasteiger partial charge in [-0.1, -0.05) is 60.1 Å². The standard InChI is InChI=1S/C22H19BrN2O/c1-22(2)14-18(13-15-8-10-17(23)11-9-15)25(21(22)26)19-7-3-5-16-6-4-12-24-20(16)19/h3-13H,14H2,1-2H3/b18-13+. The lowest BCUT2D eigenvalue weighted by molar-refractivity contribution is -0.123. The van der Waals surface area contributed by atoms with Crippen LogP contribution in [0, 0.1) is 5.41 Å². The number of carbonyl (C=O) groups excluding carboxylic acids is 1. The fourth-order valence-electron chi connectivity index (χ4n) is 3.44. The van der Waals surface area contributed by atoms with Crippen molar-refractivity contribution in [3.05, 3.63) is 76.5 Å². The quantitative estimate of drug-likeness (QED) is 0.538. The maximum Gasteiger partial charge on any atom is 0.237 e. The summed E-state index contributed by atoms with van der Waals surface area (Å²) in [5.41, 5.74) is 3.34. The molecule has 0 spiro atoms. The Morgan fingerprint density at radius 1 is 1.08 bits per heavy atom.